The van der Waals surface area contributed by atoms with E-state index in [9.17, 15) is 4.79 Å². The van der Waals surface area contributed by atoms with Gasteiger partial charge < -0.3 is 4.90 Å². The molecule has 0 aromatic carbocycles. The van der Waals surface area contributed by atoms with Crippen molar-refractivity contribution in [1.29, 1.82) is 0 Å². The fraction of sp³-hybridized carbons (Fsp3) is 0.455. The quantitative estimate of drug-likeness (QED) is 0.723. The summed E-state index contributed by atoms with van der Waals surface area (Å²) in [5.74, 6) is 0.795. The molecule has 0 saturated heterocycles. The van der Waals surface area contributed by atoms with Crippen molar-refractivity contribution < 1.29 is 4.79 Å². The minimum atomic E-state index is 0.122. The summed E-state index contributed by atoms with van der Waals surface area (Å²) in [7, 11) is 3.61. The maximum absolute atomic E-state index is 12.0. The van der Waals surface area contributed by atoms with Crippen LogP contribution in [0.15, 0.2) is 21.1 Å². The Hall–Kier alpha value is -0.930. The predicted octanol–water partition coefficient (Wildman–Crippen LogP) is 2.17. The van der Waals surface area contributed by atoms with Gasteiger partial charge in [-0.15, -0.1) is 16.4 Å². The molecule has 0 unspecified atom stereocenters. The van der Waals surface area contributed by atoms with Crippen molar-refractivity contribution in [2.24, 2.45) is 7.05 Å². The average Bonchev–Trinajstić information content (AvgIpc) is 2.99. The third kappa shape index (κ3) is 4.29. The number of carbonyl (C=O) groups excluding carboxylic acids is 1. The molecule has 6 nitrogen and oxygen atoms in total. The number of rotatable bonds is 6. The Morgan fingerprint density at radius 3 is 2.95 bits per heavy atom. The van der Waals surface area contributed by atoms with Crippen LogP contribution in [0.2, 0.25) is 0 Å². The van der Waals surface area contributed by atoms with E-state index in [1.165, 1.54) is 11.8 Å². The SMILES string of the molecule is CN(Cc1ccc(Br)s1)C(=O)CCSc1nnnn1C. The Kier molecular flexibility index (Phi) is 5.55. The van der Waals surface area contributed by atoms with Crippen molar-refractivity contribution in [2.45, 2.75) is 18.1 Å². The summed E-state index contributed by atoms with van der Waals surface area (Å²) in [6.45, 7) is 0.644. The summed E-state index contributed by atoms with van der Waals surface area (Å²) in [5.41, 5.74) is 0. The molecule has 0 atom stereocenters. The maximum atomic E-state index is 12.0. The van der Waals surface area contributed by atoms with E-state index in [4.69, 9.17) is 0 Å². The van der Waals surface area contributed by atoms with Crippen LogP contribution in [-0.2, 0) is 18.4 Å². The van der Waals surface area contributed by atoms with E-state index in [1.54, 1.807) is 28.0 Å². The number of tetrazole rings is 1. The number of hydrogen-bond donors (Lipinski definition) is 0. The van der Waals surface area contributed by atoms with Crippen LogP contribution in [0.1, 0.15) is 11.3 Å². The fourth-order valence-electron chi connectivity index (χ4n) is 1.52. The molecule has 0 bridgehead atoms. The molecule has 0 N–H and O–H groups in total. The number of aryl methyl sites for hydroxylation is 1. The topological polar surface area (TPSA) is 63.9 Å². The van der Waals surface area contributed by atoms with Crippen molar-refractivity contribution in [1.82, 2.24) is 25.1 Å². The first-order chi connectivity index (χ1) is 9.56. The molecule has 9 heteroatoms. The zero-order valence-corrected chi connectivity index (χ0v) is 14.3. The molecule has 1 amide bonds. The molecule has 2 heterocycles. The monoisotopic (exact) mass is 375 g/mol. The Balaban J connectivity index is 1.75. The highest BCUT2D eigenvalue weighted by Crippen LogP contribution is 2.23. The minimum absolute atomic E-state index is 0.122. The number of halogens is 1. The molecule has 0 fully saturated rings. The second-order valence-corrected chi connectivity index (χ2v) is 7.75. The predicted molar refractivity (Wildman–Crippen MR) is 82.6 cm³/mol. The first-order valence-electron chi connectivity index (χ1n) is 5.89. The third-order valence-corrected chi connectivity index (χ3v) is 5.20. The molecular weight excluding hydrogens is 362 g/mol. The van der Waals surface area contributed by atoms with Crippen LogP contribution >= 0.6 is 39.0 Å². The van der Waals surface area contributed by atoms with Gasteiger partial charge in [-0.1, -0.05) is 11.8 Å². The molecule has 2 aromatic rings. The lowest BCUT2D eigenvalue weighted by Gasteiger charge is -2.15. The van der Waals surface area contributed by atoms with E-state index in [-0.39, 0.29) is 5.91 Å². The van der Waals surface area contributed by atoms with Gasteiger partial charge in [0, 0.05) is 31.1 Å². The summed E-state index contributed by atoms with van der Waals surface area (Å²) in [6.07, 6.45) is 0.473. The van der Waals surface area contributed by atoms with Crippen LogP contribution < -0.4 is 0 Å². The van der Waals surface area contributed by atoms with Gasteiger partial charge in [0.2, 0.25) is 11.1 Å². The number of carbonyl (C=O) groups is 1. The van der Waals surface area contributed by atoms with Crippen molar-refractivity contribution in [2.75, 3.05) is 12.8 Å². The van der Waals surface area contributed by atoms with Crippen molar-refractivity contribution in [3.63, 3.8) is 0 Å². The number of amides is 1. The molecule has 0 aliphatic rings. The first kappa shape index (κ1) is 15.5. The van der Waals surface area contributed by atoms with Crippen LogP contribution in [0.5, 0.6) is 0 Å². The zero-order chi connectivity index (χ0) is 14.5. The lowest BCUT2D eigenvalue weighted by molar-refractivity contribution is -0.129. The molecular formula is C11H14BrN5OS2. The van der Waals surface area contributed by atoms with E-state index in [0.29, 0.717) is 18.7 Å². The summed E-state index contributed by atoms with van der Waals surface area (Å²) in [6, 6.07) is 4.02. The summed E-state index contributed by atoms with van der Waals surface area (Å²) in [5, 5.41) is 11.9. The van der Waals surface area contributed by atoms with Gasteiger partial charge in [-0.3, -0.25) is 4.79 Å². The van der Waals surface area contributed by atoms with Gasteiger partial charge in [-0.05, 0) is 38.5 Å². The fourth-order valence-corrected chi connectivity index (χ4v) is 3.84. The molecule has 2 aromatic heterocycles. The van der Waals surface area contributed by atoms with Gasteiger partial charge in [-0.2, -0.15) is 0 Å². The van der Waals surface area contributed by atoms with Crippen molar-refractivity contribution >= 4 is 44.9 Å². The van der Waals surface area contributed by atoms with Crippen molar-refractivity contribution in [3.8, 4) is 0 Å². The van der Waals surface area contributed by atoms with Gasteiger partial charge in [-0.25, -0.2) is 4.68 Å². The lowest BCUT2D eigenvalue weighted by Crippen LogP contribution is -2.26. The molecule has 20 heavy (non-hydrogen) atoms. The van der Waals surface area contributed by atoms with E-state index >= 15 is 0 Å². The normalized spacial score (nSPS) is 10.8. The van der Waals surface area contributed by atoms with Crippen LogP contribution in [0.3, 0.4) is 0 Å². The molecule has 0 aliphatic heterocycles. The highest BCUT2D eigenvalue weighted by molar-refractivity contribution is 9.11. The molecule has 0 radical (unpaired) electrons. The van der Waals surface area contributed by atoms with E-state index in [2.05, 4.69) is 31.5 Å². The van der Waals surface area contributed by atoms with Gasteiger partial charge >= 0.3 is 0 Å². The number of hydrogen-bond acceptors (Lipinski definition) is 6. The smallest absolute Gasteiger partial charge is 0.223 e. The summed E-state index contributed by atoms with van der Waals surface area (Å²) in [4.78, 5) is 14.9. The lowest BCUT2D eigenvalue weighted by atomic mass is 10.4. The highest BCUT2D eigenvalue weighted by atomic mass is 79.9. The molecule has 108 valence electrons. The van der Waals surface area contributed by atoms with Gasteiger partial charge in [0.1, 0.15) is 0 Å². The Morgan fingerprint density at radius 1 is 1.55 bits per heavy atom. The maximum Gasteiger partial charge on any atom is 0.223 e. The Labute approximate surface area is 133 Å². The number of thioether (sulfide) groups is 1. The molecule has 0 spiro atoms. The molecule has 0 aliphatic carbocycles. The first-order valence-corrected chi connectivity index (χ1v) is 8.49. The average molecular weight is 376 g/mol. The largest absolute Gasteiger partial charge is 0.341 e. The summed E-state index contributed by atoms with van der Waals surface area (Å²) >= 11 is 6.55. The van der Waals surface area contributed by atoms with Crippen molar-refractivity contribution in [3.05, 3.63) is 20.8 Å². The van der Waals surface area contributed by atoms with E-state index in [1.807, 2.05) is 19.2 Å². The zero-order valence-electron chi connectivity index (χ0n) is 11.1. The van der Waals surface area contributed by atoms with E-state index < -0.39 is 0 Å². The third-order valence-electron chi connectivity index (χ3n) is 2.58. The minimum Gasteiger partial charge on any atom is -0.341 e. The Morgan fingerprint density at radius 2 is 2.35 bits per heavy atom. The second-order valence-electron chi connectivity index (χ2n) is 4.14. The number of aromatic nitrogens is 4. The highest BCUT2D eigenvalue weighted by Gasteiger charge is 2.11. The summed E-state index contributed by atoms with van der Waals surface area (Å²) < 4.78 is 2.68. The molecule has 0 saturated carbocycles. The van der Waals surface area contributed by atoms with Crippen LogP contribution in [0.4, 0.5) is 0 Å². The standard InChI is InChI=1S/C11H14BrN5OS2/c1-16(7-8-3-4-9(12)20-8)10(18)5-6-19-11-13-14-15-17(11)2/h3-4H,5-7H2,1-2H3. The number of thiophene rings is 1. The van der Waals surface area contributed by atoms with Crippen LogP contribution in [0.25, 0.3) is 0 Å². The van der Waals surface area contributed by atoms with Gasteiger partial charge in [0.05, 0.1) is 10.3 Å². The Bertz CT molecular complexity index is 585. The molecule has 2 rings (SSSR count). The van der Waals surface area contributed by atoms with Crippen LogP contribution in [-0.4, -0.2) is 43.8 Å². The van der Waals surface area contributed by atoms with Gasteiger partial charge in [0.15, 0.2) is 0 Å². The second kappa shape index (κ2) is 7.19. The van der Waals surface area contributed by atoms with Gasteiger partial charge in [0.25, 0.3) is 0 Å². The van der Waals surface area contributed by atoms with Crippen LogP contribution in [0, 0.1) is 0 Å². The number of nitrogens with zero attached hydrogens (tertiary/aromatic N) is 5. The van der Waals surface area contributed by atoms with E-state index in [0.717, 1.165) is 13.8 Å².